The van der Waals surface area contributed by atoms with Gasteiger partial charge in [-0.25, -0.2) is 13.2 Å². The van der Waals surface area contributed by atoms with Crippen LogP contribution in [0.1, 0.15) is 36.2 Å². The molecule has 0 bridgehead atoms. The molecule has 0 saturated carbocycles. The second kappa shape index (κ2) is 5.34. The fourth-order valence-electron chi connectivity index (χ4n) is 2.32. The van der Waals surface area contributed by atoms with E-state index >= 15 is 0 Å². The predicted octanol–water partition coefficient (Wildman–Crippen LogP) is 1.29. The molecule has 19 heavy (non-hydrogen) atoms. The number of carboxylic acids is 1. The third-order valence-corrected chi connectivity index (χ3v) is 5.27. The fourth-order valence-corrected chi connectivity index (χ4v) is 3.91. The third-order valence-electron chi connectivity index (χ3n) is 3.40. The van der Waals surface area contributed by atoms with Crippen LogP contribution in [0, 0.1) is 0 Å². The molecule has 7 heteroatoms. The van der Waals surface area contributed by atoms with Crippen LogP contribution >= 0.6 is 0 Å². The standard InChI is InChI=1S/C12H18N2O4S/c1-13-9-10(8-11(13)12(15)16)19(17,18)14-6-4-2-3-5-7-14/h8-9H,2-7H2,1H3,(H,15,16). The Labute approximate surface area is 112 Å². The molecule has 1 N–H and O–H groups in total. The minimum absolute atomic E-state index is 0.0200. The van der Waals surface area contributed by atoms with Gasteiger partial charge >= 0.3 is 5.97 Å². The van der Waals surface area contributed by atoms with Crippen molar-refractivity contribution in [3.63, 3.8) is 0 Å². The van der Waals surface area contributed by atoms with E-state index in [0.717, 1.165) is 25.7 Å². The Morgan fingerprint density at radius 2 is 1.79 bits per heavy atom. The van der Waals surface area contributed by atoms with Crippen LogP contribution in [0.5, 0.6) is 0 Å². The van der Waals surface area contributed by atoms with Gasteiger partial charge in [-0.15, -0.1) is 0 Å². The molecule has 0 aromatic carbocycles. The zero-order valence-electron chi connectivity index (χ0n) is 10.9. The highest BCUT2D eigenvalue weighted by molar-refractivity contribution is 7.89. The van der Waals surface area contributed by atoms with Crippen LogP contribution in [-0.4, -0.2) is 41.5 Å². The molecule has 2 heterocycles. The number of carboxylic acid groups (broad SMARTS) is 1. The zero-order chi connectivity index (χ0) is 14.0. The minimum Gasteiger partial charge on any atom is -0.477 e. The van der Waals surface area contributed by atoms with Gasteiger partial charge in [-0.05, 0) is 18.9 Å². The summed E-state index contributed by atoms with van der Waals surface area (Å²) < 4.78 is 27.7. The second-order valence-corrected chi connectivity index (χ2v) is 6.73. The van der Waals surface area contributed by atoms with Crippen molar-refractivity contribution in [3.8, 4) is 0 Å². The Morgan fingerprint density at radius 3 is 2.26 bits per heavy atom. The molecular weight excluding hydrogens is 268 g/mol. The Bertz CT molecular complexity index is 569. The molecule has 6 nitrogen and oxygen atoms in total. The highest BCUT2D eigenvalue weighted by atomic mass is 32.2. The number of aromatic carboxylic acids is 1. The normalized spacial score (nSPS) is 18.2. The van der Waals surface area contributed by atoms with Gasteiger partial charge in [0.05, 0.1) is 0 Å². The second-order valence-electron chi connectivity index (χ2n) is 4.80. The summed E-state index contributed by atoms with van der Waals surface area (Å²) in [6.07, 6.45) is 5.17. The first-order chi connectivity index (χ1) is 8.93. The first-order valence-electron chi connectivity index (χ1n) is 6.33. The maximum absolute atomic E-state index is 12.4. The lowest BCUT2D eigenvalue weighted by molar-refractivity contribution is 0.0686. The highest BCUT2D eigenvalue weighted by Gasteiger charge is 2.27. The quantitative estimate of drug-likeness (QED) is 0.908. The number of hydrogen-bond donors (Lipinski definition) is 1. The molecule has 0 spiro atoms. The van der Waals surface area contributed by atoms with E-state index in [-0.39, 0.29) is 10.6 Å². The van der Waals surface area contributed by atoms with E-state index in [1.807, 2.05) is 0 Å². The van der Waals surface area contributed by atoms with Crippen molar-refractivity contribution in [1.82, 2.24) is 8.87 Å². The van der Waals surface area contributed by atoms with E-state index < -0.39 is 16.0 Å². The molecule has 0 atom stereocenters. The Kier molecular flexibility index (Phi) is 3.96. The number of aromatic nitrogens is 1. The van der Waals surface area contributed by atoms with Gasteiger partial charge in [0.15, 0.2) is 0 Å². The smallest absolute Gasteiger partial charge is 0.352 e. The van der Waals surface area contributed by atoms with Crippen molar-refractivity contribution >= 4 is 16.0 Å². The summed E-state index contributed by atoms with van der Waals surface area (Å²) in [4.78, 5) is 11.0. The lowest BCUT2D eigenvalue weighted by Gasteiger charge is -2.18. The van der Waals surface area contributed by atoms with E-state index in [4.69, 9.17) is 5.11 Å². The first-order valence-corrected chi connectivity index (χ1v) is 7.77. The van der Waals surface area contributed by atoms with E-state index in [0.29, 0.717) is 13.1 Å². The Morgan fingerprint density at radius 1 is 1.21 bits per heavy atom. The van der Waals surface area contributed by atoms with Crippen LogP contribution in [0.15, 0.2) is 17.2 Å². The number of aryl methyl sites for hydroxylation is 1. The van der Waals surface area contributed by atoms with Crippen molar-refractivity contribution in [1.29, 1.82) is 0 Å². The average molecular weight is 286 g/mol. The highest BCUT2D eigenvalue weighted by Crippen LogP contribution is 2.21. The predicted molar refractivity (Wildman–Crippen MR) is 69.6 cm³/mol. The van der Waals surface area contributed by atoms with Crippen molar-refractivity contribution in [2.24, 2.45) is 7.05 Å². The van der Waals surface area contributed by atoms with Gasteiger partial charge in [-0.3, -0.25) is 0 Å². The van der Waals surface area contributed by atoms with Gasteiger partial charge in [0.2, 0.25) is 10.0 Å². The third kappa shape index (κ3) is 2.82. The van der Waals surface area contributed by atoms with Crippen molar-refractivity contribution < 1.29 is 18.3 Å². The Hall–Kier alpha value is -1.34. The Balaban J connectivity index is 2.33. The van der Waals surface area contributed by atoms with E-state index in [9.17, 15) is 13.2 Å². The molecule has 0 radical (unpaired) electrons. The molecular formula is C12H18N2O4S. The van der Waals surface area contributed by atoms with Gasteiger partial charge in [-0.1, -0.05) is 12.8 Å². The van der Waals surface area contributed by atoms with Crippen molar-refractivity contribution in [2.45, 2.75) is 30.6 Å². The van der Waals surface area contributed by atoms with E-state index in [1.54, 1.807) is 0 Å². The number of hydrogen-bond acceptors (Lipinski definition) is 3. The van der Waals surface area contributed by atoms with Crippen LogP contribution in [0.2, 0.25) is 0 Å². The molecule has 106 valence electrons. The van der Waals surface area contributed by atoms with E-state index in [1.165, 1.54) is 28.2 Å². The molecule has 1 aromatic rings. The van der Waals surface area contributed by atoms with Crippen LogP contribution < -0.4 is 0 Å². The van der Waals surface area contributed by atoms with Gasteiger partial charge in [0.25, 0.3) is 0 Å². The maximum Gasteiger partial charge on any atom is 0.352 e. The van der Waals surface area contributed by atoms with Crippen LogP contribution in [0.4, 0.5) is 0 Å². The molecule has 1 aromatic heterocycles. The summed E-state index contributed by atoms with van der Waals surface area (Å²) in [5.41, 5.74) is -0.0200. The molecule has 0 unspecified atom stereocenters. The average Bonchev–Trinajstić information content (AvgIpc) is 2.58. The largest absolute Gasteiger partial charge is 0.477 e. The van der Waals surface area contributed by atoms with Gasteiger partial charge in [0.1, 0.15) is 10.6 Å². The molecule has 0 amide bonds. The fraction of sp³-hybridized carbons (Fsp3) is 0.583. The summed E-state index contributed by atoms with van der Waals surface area (Å²) >= 11 is 0. The number of nitrogens with zero attached hydrogens (tertiary/aromatic N) is 2. The first kappa shape index (κ1) is 14.1. The van der Waals surface area contributed by atoms with Crippen LogP contribution in [0.25, 0.3) is 0 Å². The van der Waals surface area contributed by atoms with Crippen LogP contribution in [0.3, 0.4) is 0 Å². The molecule has 2 rings (SSSR count). The maximum atomic E-state index is 12.4. The lowest BCUT2D eigenvalue weighted by atomic mass is 10.2. The minimum atomic E-state index is -3.57. The monoisotopic (exact) mass is 286 g/mol. The SMILES string of the molecule is Cn1cc(S(=O)(=O)N2CCCCCC2)cc1C(=O)O. The lowest BCUT2D eigenvalue weighted by Crippen LogP contribution is -2.31. The summed E-state index contributed by atoms with van der Waals surface area (Å²) in [6.45, 7) is 1.03. The molecule has 1 fully saturated rings. The number of rotatable bonds is 3. The van der Waals surface area contributed by atoms with Crippen LogP contribution in [-0.2, 0) is 17.1 Å². The number of sulfonamides is 1. The van der Waals surface area contributed by atoms with E-state index in [2.05, 4.69) is 0 Å². The molecule has 0 aliphatic carbocycles. The summed E-state index contributed by atoms with van der Waals surface area (Å²) in [5, 5.41) is 8.97. The molecule has 1 aliphatic heterocycles. The van der Waals surface area contributed by atoms with Gasteiger partial charge < -0.3 is 9.67 Å². The summed E-state index contributed by atoms with van der Waals surface area (Å²) in [5.74, 6) is -1.13. The van der Waals surface area contributed by atoms with Crippen molar-refractivity contribution in [3.05, 3.63) is 18.0 Å². The number of carbonyl (C=O) groups is 1. The van der Waals surface area contributed by atoms with Crippen molar-refractivity contribution in [2.75, 3.05) is 13.1 Å². The van der Waals surface area contributed by atoms with Gasteiger partial charge in [0, 0.05) is 26.3 Å². The van der Waals surface area contributed by atoms with Gasteiger partial charge in [-0.2, -0.15) is 4.31 Å². The zero-order valence-corrected chi connectivity index (χ0v) is 11.7. The molecule has 1 saturated heterocycles. The summed E-state index contributed by atoms with van der Waals surface area (Å²) in [6, 6.07) is 1.22. The topological polar surface area (TPSA) is 79.6 Å². The summed E-state index contributed by atoms with van der Waals surface area (Å²) in [7, 11) is -2.04. The molecule has 1 aliphatic rings.